The molecular formula is C22H40O4. The Morgan fingerprint density at radius 1 is 0.846 bits per heavy atom. The fourth-order valence-electron chi connectivity index (χ4n) is 3.43. The maximum absolute atomic E-state index is 12.2. The number of esters is 2. The second-order valence-corrected chi connectivity index (χ2v) is 9.20. The maximum Gasteiger partial charge on any atom is 0.309 e. The lowest BCUT2D eigenvalue weighted by molar-refractivity contribution is -0.163. The fraction of sp³-hybridized carbons (Fsp3) is 0.909. The van der Waals surface area contributed by atoms with Gasteiger partial charge in [-0.3, -0.25) is 9.59 Å². The molecule has 0 N–H and O–H groups in total. The van der Waals surface area contributed by atoms with Gasteiger partial charge in [0.2, 0.25) is 0 Å². The highest BCUT2D eigenvalue weighted by atomic mass is 16.6. The molecule has 0 unspecified atom stereocenters. The molecule has 0 aromatic carbocycles. The lowest BCUT2D eigenvalue weighted by Gasteiger charge is -2.28. The number of hydrogen-bond acceptors (Lipinski definition) is 4. The Hall–Kier alpha value is -1.06. The van der Waals surface area contributed by atoms with Gasteiger partial charge in [0.15, 0.2) is 0 Å². The lowest BCUT2D eigenvalue weighted by atomic mass is 9.82. The topological polar surface area (TPSA) is 52.6 Å². The second kappa shape index (κ2) is 11.6. The van der Waals surface area contributed by atoms with Gasteiger partial charge in [-0.25, -0.2) is 0 Å². The Labute approximate surface area is 160 Å². The molecule has 0 atom stereocenters. The van der Waals surface area contributed by atoms with Gasteiger partial charge >= 0.3 is 11.9 Å². The van der Waals surface area contributed by atoms with Crippen molar-refractivity contribution in [3.8, 4) is 0 Å². The first-order chi connectivity index (χ1) is 12.2. The van der Waals surface area contributed by atoms with Crippen LogP contribution in [0.5, 0.6) is 0 Å². The van der Waals surface area contributed by atoms with Crippen LogP contribution in [0.1, 0.15) is 98.8 Å². The van der Waals surface area contributed by atoms with Crippen LogP contribution in [0, 0.1) is 17.8 Å². The summed E-state index contributed by atoms with van der Waals surface area (Å²) in [6.07, 6.45) is 10.1. The van der Waals surface area contributed by atoms with Crippen LogP contribution in [0.3, 0.4) is 0 Å². The van der Waals surface area contributed by atoms with Crippen molar-refractivity contribution in [2.75, 3.05) is 6.61 Å². The van der Waals surface area contributed by atoms with E-state index in [-0.39, 0.29) is 23.8 Å². The Kier molecular flexibility index (Phi) is 10.3. The smallest absolute Gasteiger partial charge is 0.309 e. The molecule has 1 fully saturated rings. The Morgan fingerprint density at radius 2 is 1.35 bits per heavy atom. The minimum absolute atomic E-state index is 0.0419. The van der Waals surface area contributed by atoms with Gasteiger partial charge in [0.1, 0.15) is 5.60 Å². The molecule has 0 bridgehead atoms. The van der Waals surface area contributed by atoms with E-state index in [2.05, 4.69) is 13.8 Å². The summed E-state index contributed by atoms with van der Waals surface area (Å²) < 4.78 is 10.9. The predicted molar refractivity (Wildman–Crippen MR) is 105 cm³/mol. The zero-order valence-electron chi connectivity index (χ0n) is 17.6. The molecule has 1 aliphatic rings. The summed E-state index contributed by atoms with van der Waals surface area (Å²) in [4.78, 5) is 24.3. The van der Waals surface area contributed by atoms with Crippen molar-refractivity contribution in [2.24, 2.45) is 17.8 Å². The van der Waals surface area contributed by atoms with Crippen LogP contribution in [0.4, 0.5) is 0 Å². The van der Waals surface area contributed by atoms with Gasteiger partial charge < -0.3 is 9.47 Å². The number of ether oxygens (including phenoxy) is 2. The zero-order valence-corrected chi connectivity index (χ0v) is 17.6. The van der Waals surface area contributed by atoms with Gasteiger partial charge in [0.25, 0.3) is 0 Å². The van der Waals surface area contributed by atoms with Crippen LogP contribution >= 0.6 is 0 Å². The van der Waals surface area contributed by atoms with E-state index in [1.54, 1.807) is 0 Å². The molecule has 4 heteroatoms. The van der Waals surface area contributed by atoms with Gasteiger partial charge in [-0.15, -0.1) is 0 Å². The van der Waals surface area contributed by atoms with Crippen LogP contribution in [-0.4, -0.2) is 24.1 Å². The average molecular weight is 369 g/mol. The number of rotatable bonds is 10. The minimum atomic E-state index is -0.443. The van der Waals surface area contributed by atoms with Crippen LogP contribution in [0.15, 0.2) is 0 Å². The molecule has 4 nitrogen and oxygen atoms in total. The monoisotopic (exact) mass is 368 g/mol. The molecule has 152 valence electrons. The largest absolute Gasteiger partial charge is 0.465 e. The normalized spacial score (nSPS) is 20.8. The van der Waals surface area contributed by atoms with Crippen molar-refractivity contribution in [1.29, 1.82) is 0 Å². The van der Waals surface area contributed by atoms with Gasteiger partial charge in [-0.1, -0.05) is 46.0 Å². The van der Waals surface area contributed by atoms with E-state index >= 15 is 0 Å². The van der Waals surface area contributed by atoms with E-state index in [4.69, 9.17) is 9.47 Å². The quantitative estimate of drug-likeness (QED) is 0.368. The highest BCUT2D eigenvalue weighted by Crippen LogP contribution is 2.31. The molecule has 0 aromatic heterocycles. The van der Waals surface area contributed by atoms with E-state index in [1.165, 1.54) is 25.7 Å². The van der Waals surface area contributed by atoms with Crippen LogP contribution < -0.4 is 0 Å². The summed E-state index contributed by atoms with van der Waals surface area (Å²) in [6.45, 7) is 10.7. The molecule has 0 spiro atoms. The summed E-state index contributed by atoms with van der Waals surface area (Å²) >= 11 is 0. The lowest BCUT2D eigenvalue weighted by Crippen LogP contribution is -2.32. The third-order valence-corrected chi connectivity index (χ3v) is 4.97. The molecule has 1 aliphatic carbocycles. The SMILES string of the molecule is CC(C)CCCCCCCOC(=O)C1CCC(C(=O)OC(C)(C)C)CC1. The molecule has 0 amide bonds. The molecule has 0 aliphatic heterocycles. The van der Waals surface area contributed by atoms with E-state index < -0.39 is 5.60 Å². The van der Waals surface area contributed by atoms with Crippen molar-refractivity contribution >= 4 is 11.9 Å². The summed E-state index contributed by atoms with van der Waals surface area (Å²) in [5.41, 5.74) is -0.443. The molecule has 0 radical (unpaired) electrons. The summed E-state index contributed by atoms with van der Waals surface area (Å²) in [7, 11) is 0. The molecule has 1 rings (SSSR count). The minimum Gasteiger partial charge on any atom is -0.465 e. The highest BCUT2D eigenvalue weighted by molar-refractivity contribution is 5.75. The predicted octanol–water partition coefficient (Wildman–Crippen LogP) is 5.67. The van der Waals surface area contributed by atoms with E-state index in [9.17, 15) is 9.59 Å². The first-order valence-electron chi connectivity index (χ1n) is 10.6. The van der Waals surface area contributed by atoms with Crippen molar-refractivity contribution in [3.63, 3.8) is 0 Å². The standard InChI is InChI=1S/C22H40O4/c1-17(2)11-9-7-6-8-10-16-25-20(23)18-12-14-19(15-13-18)21(24)26-22(3,4)5/h17-19H,6-16H2,1-5H3. The Morgan fingerprint density at radius 3 is 1.88 bits per heavy atom. The molecular weight excluding hydrogens is 328 g/mol. The van der Waals surface area contributed by atoms with E-state index in [0.29, 0.717) is 6.61 Å². The van der Waals surface area contributed by atoms with Gasteiger partial charge in [0.05, 0.1) is 18.4 Å². The highest BCUT2D eigenvalue weighted by Gasteiger charge is 2.33. The molecule has 26 heavy (non-hydrogen) atoms. The molecule has 0 heterocycles. The average Bonchev–Trinajstić information content (AvgIpc) is 2.55. The van der Waals surface area contributed by atoms with Crippen molar-refractivity contribution in [3.05, 3.63) is 0 Å². The van der Waals surface area contributed by atoms with E-state index in [0.717, 1.165) is 44.4 Å². The molecule has 0 aromatic rings. The first kappa shape index (κ1) is 23.0. The third kappa shape index (κ3) is 10.2. The Bertz CT molecular complexity index is 414. The van der Waals surface area contributed by atoms with E-state index in [1.807, 2.05) is 20.8 Å². The summed E-state index contributed by atoms with van der Waals surface area (Å²) in [5.74, 6) is 0.486. The number of carbonyl (C=O) groups excluding carboxylic acids is 2. The molecule has 0 saturated heterocycles. The maximum atomic E-state index is 12.2. The third-order valence-electron chi connectivity index (χ3n) is 4.97. The van der Waals surface area contributed by atoms with Crippen LogP contribution in [-0.2, 0) is 19.1 Å². The summed E-state index contributed by atoms with van der Waals surface area (Å²) in [6, 6.07) is 0. The zero-order chi connectivity index (χ0) is 19.6. The van der Waals surface area contributed by atoms with Crippen molar-refractivity contribution in [2.45, 2.75) is 104 Å². The van der Waals surface area contributed by atoms with Crippen LogP contribution in [0.2, 0.25) is 0 Å². The first-order valence-corrected chi connectivity index (χ1v) is 10.6. The molecule has 1 saturated carbocycles. The Balaban J connectivity index is 2.10. The number of unbranched alkanes of at least 4 members (excludes halogenated alkanes) is 4. The fourth-order valence-corrected chi connectivity index (χ4v) is 3.43. The van der Waals surface area contributed by atoms with Crippen molar-refractivity contribution < 1.29 is 19.1 Å². The number of hydrogen-bond donors (Lipinski definition) is 0. The number of carbonyl (C=O) groups is 2. The van der Waals surface area contributed by atoms with Gasteiger partial charge in [-0.05, 0) is 58.8 Å². The second-order valence-electron chi connectivity index (χ2n) is 9.20. The van der Waals surface area contributed by atoms with Gasteiger partial charge in [-0.2, -0.15) is 0 Å². The van der Waals surface area contributed by atoms with Gasteiger partial charge in [0, 0.05) is 0 Å². The van der Waals surface area contributed by atoms with Crippen molar-refractivity contribution in [1.82, 2.24) is 0 Å². The summed E-state index contributed by atoms with van der Waals surface area (Å²) in [5, 5.41) is 0. The van der Waals surface area contributed by atoms with Crippen LogP contribution in [0.25, 0.3) is 0 Å².